The first-order chi connectivity index (χ1) is 10.5. The van der Waals surface area contributed by atoms with Crippen molar-refractivity contribution < 1.29 is 8.78 Å². The van der Waals surface area contributed by atoms with Gasteiger partial charge in [-0.1, -0.05) is 0 Å². The van der Waals surface area contributed by atoms with Crippen LogP contribution >= 0.6 is 22.7 Å². The minimum absolute atomic E-state index is 0.245. The van der Waals surface area contributed by atoms with Crippen LogP contribution in [0.25, 0.3) is 41.7 Å². The molecule has 0 aliphatic heterocycles. The Hall–Kier alpha value is -2.18. The molecule has 0 fully saturated rings. The first-order valence-corrected chi connectivity index (χ1v) is 8.05. The molecule has 0 unspecified atom stereocenters. The normalized spacial score (nSPS) is 12.5. The third-order valence-corrected chi connectivity index (χ3v) is 5.94. The van der Waals surface area contributed by atoms with Crippen LogP contribution in [0.3, 0.4) is 0 Å². The summed E-state index contributed by atoms with van der Waals surface area (Å²) in [4.78, 5) is 24.8. The fraction of sp³-hybridized carbons (Fsp3) is 0. The summed E-state index contributed by atoms with van der Waals surface area (Å²) in [5.74, 6) is 0. The van der Waals surface area contributed by atoms with E-state index in [9.17, 15) is 18.4 Å². The number of fused-ring (bicyclic) bond motifs is 6. The summed E-state index contributed by atoms with van der Waals surface area (Å²) in [6.45, 7) is 0. The van der Waals surface area contributed by atoms with Gasteiger partial charge < -0.3 is 0 Å². The molecule has 2 heterocycles. The van der Waals surface area contributed by atoms with Gasteiger partial charge in [0.15, 0.2) is 21.1 Å². The Morgan fingerprint density at radius 1 is 0.591 bits per heavy atom. The van der Waals surface area contributed by atoms with E-state index in [2.05, 4.69) is 0 Å². The minimum Gasteiger partial charge on any atom is -0.289 e. The highest BCUT2D eigenvalue weighted by Gasteiger charge is 2.19. The molecule has 0 bridgehead atoms. The van der Waals surface area contributed by atoms with Crippen LogP contribution < -0.4 is 10.9 Å². The van der Waals surface area contributed by atoms with Crippen LogP contribution in [0.15, 0.2) is 33.9 Å². The van der Waals surface area contributed by atoms with Crippen molar-refractivity contribution in [2.45, 2.75) is 0 Å². The van der Waals surface area contributed by atoms with E-state index in [-0.39, 0.29) is 10.9 Å². The molecule has 3 aromatic carbocycles. The summed E-state index contributed by atoms with van der Waals surface area (Å²) in [7, 11) is 0. The van der Waals surface area contributed by atoms with Crippen molar-refractivity contribution >= 4 is 64.4 Å². The van der Waals surface area contributed by atoms with Crippen LogP contribution in [0.4, 0.5) is 8.78 Å². The van der Waals surface area contributed by atoms with Gasteiger partial charge in [-0.25, -0.2) is 0 Å². The second-order valence-corrected chi connectivity index (χ2v) is 7.19. The SMILES string of the molecule is O=c1c2cc3c(cc2c2sc(F)cc12)c(=O)c1cc(F)sc13. The van der Waals surface area contributed by atoms with Crippen molar-refractivity contribution in [3.8, 4) is 0 Å². The topological polar surface area (TPSA) is 34.1 Å². The van der Waals surface area contributed by atoms with Gasteiger partial charge in [0.25, 0.3) is 0 Å². The molecular weight excluding hydrogens is 326 g/mol. The molecule has 0 spiro atoms. The molecule has 2 nitrogen and oxygen atoms in total. The van der Waals surface area contributed by atoms with Gasteiger partial charge >= 0.3 is 0 Å². The van der Waals surface area contributed by atoms with Gasteiger partial charge in [0.05, 0.1) is 0 Å². The van der Waals surface area contributed by atoms with E-state index in [1.807, 2.05) is 0 Å². The van der Waals surface area contributed by atoms with Crippen molar-refractivity contribution in [3.63, 3.8) is 0 Å². The maximum absolute atomic E-state index is 13.4. The molecule has 6 heteroatoms. The predicted octanol–water partition coefficient (Wildman–Crippen LogP) is 4.30. The average Bonchev–Trinajstić information content (AvgIpc) is 3.17. The third kappa shape index (κ3) is 1.32. The Kier molecular flexibility index (Phi) is 2.12. The molecule has 0 radical (unpaired) electrons. The molecule has 2 aromatic heterocycles. The van der Waals surface area contributed by atoms with Gasteiger partial charge in [0, 0.05) is 41.7 Å². The van der Waals surface area contributed by atoms with E-state index in [1.165, 1.54) is 12.1 Å². The second-order valence-electron chi connectivity index (χ2n) is 5.19. The zero-order valence-corrected chi connectivity index (χ0v) is 12.3. The number of benzene rings is 1. The van der Waals surface area contributed by atoms with Crippen LogP contribution in [0, 0.1) is 10.3 Å². The lowest BCUT2D eigenvalue weighted by molar-refractivity contribution is 0.658. The molecule has 0 saturated heterocycles. The fourth-order valence-corrected chi connectivity index (χ4v) is 4.93. The number of rotatable bonds is 0. The molecule has 0 atom stereocenters. The number of hydrogen-bond acceptors (Lipinski definition) is 4. The van der Waals surface area contributed by atoms with E-state index >= 15 is 0 Å². The molecule has 106 valence electrons. The van der Waals surface area contributed by atoms with E-state index in [4.69, 9.17) is 0 Å². The van der Waals surface area contributed by atoms with E-state index in [1.54, 1.807) is 12.1 Å². The molecule has 22 heavy (non-hydrogen) atoms. The van der Waals surface area contributed by atoms with Gasteiger partial charge in [-0.2, -0.15) is 8.78 Å². The lowest BCUT2D eigenvalue weighted by Crippen LogP contribution is -1.95. The highest BCUT2D eigenvalue weighted by atomic mass is 32.1. The molecule has 0 saturated carbocycles. The summed E-state index contributed by atoms with van der Waals surface area (Å²) < 4.78 is 27.9. The fourth-order valence-electron chi connectivity index (χ4n) is 3.10. The molecule has 0 N–H and O–H groups in total. The Balaban J connectivity index is 2.11. The second kappa shape index (κ2) is 3.77. The summed E-state index contributed by atoms with van der Waals surface area (Å²) in [5, 5.41) is 1.93. The molecule has 0 aliphatic carbocycles. The highest BCUT2D eigenvalue weighted by molar-refractivity contribution is 7.19. The summed E-state index contributed by atoms with van der Waals surface area (Å²) in [6, 6.07) is 5.73. The Morgan fingerprint density at radius 3 is 1.41 bits per heavy atom. The summed E-state index contributed by atoms with van der Waals surface area (Å²) >= 11 is 1.80. The van der Waals surface area contributed by atoms with Gasteiger partial charge in [0.2, 0.25) is 0 Å². The number of halogens is 2. The van der Waals surface area contributed by atoms with Gasteiger partial charge in [0.1, 0.15) is 0 Å². The highest BCUT2D eigenvalue weighted by Crippen LogP contribution is 2.37. The van der Waals surface area contributed by atoms with Gasteiger partial charge in [-0.3, -0.25) is 9.59 Å². The van der Waals surface area contributed by atoms with Crippen molar-refractivity contribution in [1.82, 2.24) is 0 Å². The van der Waals surface area contributed by atoms with Crippen molar-refractivity contribution in [2.24, 2.45) is 0 Å². The van der Waals surface area contributed by atoms with Crippen LogP contribution in [0.1, 0.15) is 0 Å². The monoisotopic (exact) mass is 330 g/mol. The molecule has 5 aromatic rings. The Bertz CT molecular complexity index is 1230. The first kappa shape index (κ1) is 12.4. The van der Waals surface area contributed by atoms with Gasteiger partial charge in [-0.05, 0) is 24.3 Å². The van der Waals surface area contributed by atoms with Crippen molar-refractivity contribution in [3.05, 3.63) is 55.0 Å². The molecule has 5 rings (SSSR count). The first-order valence-electron chi connectivity index (χ1n) is 6.41. The maximum Gasteiger partial charge on any atom is 0.195 e. The minimum atomic E-state index is -0.419. The number of thiophene rings is 2. The average molecular weight is 330 g/mol. The smallest absolute Gasteiger partial charge is 0.195 e. The summed E-state index contributed by atoms with van der Waals surface area (Å²) in [5.41, 5.74) is -0.489. The maximum atomic E-state index is 13.4. The van der Waals surface area contributed by atoms with Crippen molar-refractivity contribution in [1.29, 1.82) is 0 Å². The number of hydrogen-bond donors (Lipinski definition) is 0. The standard InChI is InChI=1S/C16H4F2O2S2/c17-11-4-10-14(20)6-2-8-5(1-7(6)15(10)21-11)13(19)9-3-12(18)22-16(8)9/h1-4H. The van der Waals surface area contributed by atoms with Gasteiger partial charge in [-0.15, -0.1) is 22.7 Å². The lowest BCUT2D eigenvalue weighted by Gasteiger charge is -1.92. The molecular formula is C16H4F2O2S2. The van der Waals surface area contributed by atoms with Crippen molar-refractivity contribution in [2.75, 3.05) is 0 Å². The largest absolute Gasteiger partial charge is 0.289 e. The van der Waals surface area contributed by atoms with Crippen LogP contribution in [0.2, 0.25) is 0 Å². The lowest BCUT2D eigenvalue weighted by atomic mass is 10.1. The van der Waals surface area contributed by atoms with E-state index < -0.39 is 10.3 Å². The summed E-state index contributed by atoms with van der Waals surface area (Å²) in [6.07, 6.45) is 0. The zero-order chi connectivity index (χ0) is 15.2. The zero-order valence-electron chi connectivity index (χ0n) is 10.7. The predicted molar refractivity (Wildman–Crippen MR) is 87.0 cm³/mol. The Labute approximate surface area is 128 Å². The molecule has 0 aliphatic rings. The third-order valence-electron chi connectivity index (χ3n) is 4.03. The van der Waals surface area contributed by atoms with E-state index in [0.29, 0.717) is 41.7 Å². The Morgan fingerprint density at radius 2 is 1.00 bits per heavy atom. The van der Waals surface area contributed by atoms with Crippen LogP contribution in [0.5, 0.6) is 0 Å². The van der Waals surface area contributed by atoms with Crippen LogP contribution in [-0.2, 0) is 0 Å². The molecule has 0 amide bonds. The van der Waals surface area contributed by atoms with Crippen LogP contribution in [-0.4, -0.2) is 0 Å². The van der Waals surface area contributed by atoms with E-state index in [0.717, 1.165) is 22.7 Å². The quantitative estimate of drug-likeness (QED) is 0.424.